The van der Waals surface area contributed by atoms with Gasteiger partial charge < -0.3 is 15.7 Å². The molecule has 1 aromatic heterocycles. The fraction of sp³-hybridized carbons (Fsp3) is 0.722. The van der Waals surface area contributed by atoms with Crippen molar-refractivity contribution in [2.45, 2.75) is 49.5 Å². The highest BCUT2D eigenvalue weighted by atomic mass is 32.2. The Balaban J connectivity index is 1.58. The molecule has 3 N–H and O–H groups in total. The number of aliphatic imine (C=N–C) groups is 1. The second-order valence-corrected chi connectivity index (χ2v) is 9.18. The Hall–Kier alpha value is -0.720. The van der Waals surface area contributed by atoms with E-state index in [1.807, 2.05) is 30.1 Å². The SMILES string of the molecule is CN=C(NCC1(O)CCSC1)NCC1(c2cccs2)CCCCC1. The van der Waals surface area contributed by atoms with Gasteiger partial charge in [0.2, 0.25) is 0 Å². The number of hydrogen-bond donors (Lipinski definition) is 3. The van der Waals surface area contributed by atoms with Crippen molar-refractivity contribution in [3.8, 4) is 0 Å². The molecule has 1 atom stereocenters. The van der Waals surface area contributed by atoms with E-state index in [1.165, 1.54) is 37.0 Å². The summed E-state index contributed by atoms with van der Waals surface area (Å²) >= 11 is 3.70. The minimum atomic E-state index is -0.585. The second-order valence-electron chi connectivity index (χ2n) is 7.12. The molecule has 0 bridgehead atoms. The number of nitrogens with zero attached hydrogens (tertiary/aromatic N) is 1. The van der Waals surface area contributed by atoms with Crippen LogP contribution in [0, 0.1) is 0 Å². The topological polar surface area (TPSA) is 56.7 Å². The van der Waals surface area contributed by atoms with E-state index < -0.39 is 5.60 Å². The van der Waals surface area contributed by atoms with Crippen LogP contribution in [0.1, 0.15) is 43.4 Å². The van der Waals surface area contributed by atoms with Gasteiger partial charge in [-0.05, 0) is 36.5 Å². The molecule has 1 aliphatic carbocycles. The number of aliphatic hydroxyl groups is 1. The lowest BCUT2D eigenvalue weighted by Crippen LogP contribution is -2.50. The van der Waals surface area contributed by atoms with Crippen LogP contribution in [0.25, 0.3) is 0 Å². The van der Waals surface area contributed by atoms with Gasteiger partial charge in [0.25, 0.3) is 0 Å². The highest BCUT2D eigenvalue weighted by Crippen LogP contribution is 2.41. The lowest BCUT2D eigenvalue weighted by Gasteiger charge is -2.37. The van der Waals surface area contributed by atoms with Gasteiger partial charge in [-0.2, -0.15) is 11.8 Å². The summed E-state index contributed by atoms with van der Waals surface area (Å²) in [6.07, 6.45) is 7.33. The second kappa shape index (κ2) is 8.11. The van der Waals surface area contributed by atoms with Crippen LogP contribution in [-0.4, -0.2) is 48.3 Å². The Bertz CT molecular complexity index is 532. The van der Waals surface area contributed by atoms with Crippen molar-refractivity contribution in [1.29, 1.82) is 0 Å². The molecule has 1 aromatic rings. The number of hydrogen-bond acceptors (Lipinski definition) is 4. The van der Waals surface area contributed by atoms with Gasteiger partial charge in [0, 0.05) is 36.2 Å². The maximum atomic E-state index is 10.5. The van der Waals surface area contributed by atoms with Crippen LogP contribution in [0.5, 0.6) is 0 Å². The molecule has 0 aromatic carbocycles. The normalized spacial score (nSPS) is 27.2. The molecule has 1 saturated heterocycles. The van der Waals surface area contributed by atoms with Gasteiger partial charge >= 0.3 is 0 Å². The Kier molecular flexibility index (Phi) is 6.11. The number of thioether (sulfide) groups is 1. The Morgan fingerprint density at radius 2 is 2.00 bits per heavy atom. The Morgan fingerprint density at radius 1 is 1.21 bits per heavy atom. The smallest absolute Gasteiger partial charge is 0.191 e. The van der Waals surface area contributed by atoms with Gasteiger partial charge in [-0.1, -0.05) is 25.3 Å². The van der Waals surface area contributed by atoms with E-state index >= 15 is 0 Å². The van der Waals surface area contributed by atoms with E-state index in [0.717, 1.165) is 30.4 Å². The summed E-state index contributed by atoms with van der Waals surface area (Å²) in [4.78, 5) is 5.85. The minimum absolute atomic E-state index is 0.240. The first-order valence-corrected chi connectivity index (χ1v) is 11.0. The summed E-state index contributed by atoms with van der Waals surface area (Å²) in [5.41, 5.74) is -0.345. The van der Waals surface area contributed by atoms with Crippen molar-refractivity contribution < 1.29 is 5.11 Å². The molecule has 0 radical (unpaired) electrons. The van der Waals surface area contributed by atoms with Crippen molar-refractivity contribution >= 4 is 29.1 Å². The lowest BCUT2D eigenvalue weighted by atomic mass is 9.73. The molecule has 24 heavy (non-hydrogen) atoms. The summed E-state index contributed by atoms with van der Waals surface area (Å²) in [6.45, 7) is 1.49. The number of nitrogens with one attached hydrogen (secondary N) is 2. The molecule has 2 aliphatic rings. The van der Waals surface area contributed by atoms with Crippen LogP contribution in [0.2, 0.25) is 0 Å². The maximum Gasteiger partial charge on any atom is 0.191 e. The molecule has 134 valence electrons. The highest BCUT2D eigenvalue weighted by molar-refractivity contribution is 7.99. The van der Waals surface area contributed by atoms with Gasteiger partial charge in [-0.3, -0.25) is 4.99 Å². The van der Waals surface area contributed by atoms with Crippen LogP contribution < -0.4 is 10.6 Å². The van der Waals surface area contributed by atoms with E-state index in [0.29, 0.717) is 6.54 Å². The van der Waals surface area contributed by atoms with Crippen LogP contribution in [0.15, 0.2) is 22.5 Å². The average Bonchev–Trinajstić information content (AvgIpc) is 3.28. The third kappa shape index (κ3) is 4.27. The molecule has 0 amide bonds. The van der Waals surface area contributed by atoms with E-state index in [2.05, 4.69) is 33.1 Å². The van der Waals surface area contributed by atoms with Crippen molar-refractivity contribution in [3.63, 3.8) is 0 Å². The van der Waals surface area contributed by atoms with Crippen molar-refractivity contribution in [2.75, 3.05) is 31.6 Å². The predicted octanol–water partition coefficient (Wildman–Crippen LogP) is 2.98. The third-order valence-electron chi connectivity index (χ3n) is 5.34. The summed E-state index contributed by atoms with van der Waals surface area (Å²) in [7, 11) is 1.81. The largest absolute Gasteiger partial charge is 0.387 e. The van der Waals surface area contributed by atoms with Crippen LogP contribution in [0.3, 0.4) is 0 Å². The third-order valence-corrected chi connectivity index (χ3v) is 7.69. The summed E-state index contributed by atoms with van der Waals surface area (Å²) < 4.78 is 0. The van der Waals surface area contributed by atoms with Gasteiger partial charge in [0.1, 0.15) is 0 Å². The summed E-state index contributed by atoms with van der Waals surface area (Å²) in [5.74, 6) is 2.67. The van der Waals surface area contributed by atoms with Crippen molar-refractivity contribution in [3.05, 3.63) is 22.4 Å². The molecule has 2 heterocycles. The van der Waals surface area contributed by atoms with E-state index in [-0.39, 0.29) is 5.41 Å². The highest BCUT2D eigenvalue weighted by Gasteiger charge is 2.35. The maximum absolute atomic E-state index is 10.5. The number of guanidine groups is 1. The van der Waals surface area contributed by atoms with Gasteiger partial charge in [-0.15, -0.1) is 11.3 Å². The van der Waals surface area contributed by atoms with Crippen LogP contribution in [-0.2, 0) is 5.41 Å². The predicted molar refractivity (Wildman–Crippen MR) is 105 cm³/mol. The molecule has 1 aliphatic heterocycles. The molecule has 0 spiro atoms. The van der Waals surface area contributed by atoms with Crippen LogP contribution >= 0.6 is 23.1 Å². The zero-order valence-corrected chi connectivity index (χ0v) is 16.1. The minimum Gasteiger partial charge on any atom is -0.387 e. The fourth-order valence-electron chi connectivity index (χ4n) is 3.78. The molecule has 2 fully saturated rings. The number of rotatable bonds is 5. The Labute approximate surface area is 153 Å². The van der Waals surface area contributed by atoms with E-state index in [4.69, 9.17) is 0 Å². The molecule has 3 rings (SSSR count). The number of thiophene rings is 1. The Morgan fingerprint density at radius 3 is 2.62 bits per heavy atom. The first-order valence-electron chi connectivity index (χ1n) is 8.95. The van der Waals surface area contributed by atoms with Gasteiger partial charge in [0.05, 0.1) is 5.60 Å². The van der Waals surface area contributed by atoms with Crippen LogP contribution in [0.4, 0.5) is 0 Å². The molecule has 6 heteroatoms. The van der Waals surface area contributed by atoms with Gasteiger partial charge in [-0.25, -0.2) is 0 Å². The zero-order valence-electron chi connectivity index (χ0n) is 14.5. The van der Waals surface area contributed by atoms with E-state index in [9.17, 15) is 5.11 Å². The first-order chi connectivity index (χ1) is 11.7. The monoisotopic (exact) mass is 367 g/mol. The summed E-state index contributed by atoms with van der Waals surface area (Å²) in [6, 6.07) is 4.45. The zero-order chi connectivity index (χ0) is 16.9. The van der Waals surface area contributed by atoms with Gasteiger partial charge in [0.15, 0.2) is 5.96 Å². The van der Waals surface area contributed by atoms with E-state index in [1.54, 1.807) is 0 Å². The molecule has 1 saturated carbocycles. The molecular formula is C18H29N3OS2. The van der Waals surface area contributed by atoms with Crippen molar-refractivity contribution in [1.82, 2.24) is 10.6 Å². The molecule has 4 nitrogen and oxygen atoms in total. The van der Waals surface area contributed by atoms with Crippen molar-refractivity contribution in [2.24, 2.45) is 4.99 Å². The molecule has 1 unspecified atom stereocenters. The fourth-order valence-corrected chi connectivity index (χ4v) is 6.06. The quantitative estimate of drug-likeness (QED) is 0.553. The first kappa shape index (κ1) is 18.1. The average molecular weight is 368 g/mol. The molecular weight excluding hydrogens is 338 g/mol. The summed E-state index contributed by atoms with van der Waals surface area (Å²) in [5, 5.41) is 19.5. The standard InChI is InChI=1S/C18H29N3OS2/c1-19-16(21-13-18(22)9-11-23-14-18)20-12-17(7-3-2-4-8-17)15-6-5-10-24-15/h5-6,10,22H,2-4,7-9,11-14H2,1H3,(H2,19,20,21). The lowest BCUT2D eigenvalue weighted by molar-refractivity contribution is 0.0724.